The van der Waals surface area contributed by atoms with Crippen LogP contribution in [0.2, 0.25) is 0 Å². The molecule has 23 heavy (non-hydrogen) atoms. The van der Waals surface area contributed by atoms with E-state index in [4.69, 9.17) is 4.74 Å². The highest BCUT2D eigenvalue weighted by Crippen LogP contribution is 2.34. The first kappa shape index (κ1) is 19.2. The van der Waals surface area contributed by atoms with Crippen molar-refractivity contribution in [2.45, 2.75) is 41.5 Å². The number of thiophene rings is 1. The van der Waals surface area contributed by atoms with E-state index in [9.17, 15) is 14.4 Å². The van der Waals surface area contributed by atoms with Crippen molar-refractivity contribution >= 4 is 34.1 Å². The van der Waals surface area contributed by atoms with Crippen molar-refractivity contribution in [3.05, 3.63) is 16.0 Å². The predicted octanol–water partition coefficient (Wildman–Crippen LogP) is 2.64. The number of ether oxygens (including phenoxy) is 1. The molecule has 0 aromatic carbocycles. The highest BCUT2D eigenvalue weighted by molar-refractivity contribution is 7.16. The minimum Gasteiger partial charge on any atom is -0.460 e. The van der Waals surface area contributed by atoms with Gasteiger partial charge in [0.15, 0.2) is 0 Å². The zero-order valence-corrected chi connectivity index (χ0v) is 15.3. The lowest BCUT2D eigenvalue weighted by Crippen LogP contribution is -2.28. The molecule has 0 atom stereocenters. The molecular weight excluding hydrogens is 316 g/mol. The third kappa shape index (κ3) is 5.35. The molecule has 0 radical (unpaired) electrons. The number of esters is 1. The van der Waals surface area contributed by atoms with Crippen LogP contribution in [0.15, 0.2) is 0 Å². The van der Waals surface area contributed by atoms with Crippen LogP contribution in [0.25, 0.3) is 0 Å². The summed E-state index contributed by atoms with van der Waals surface area (Å²) in [6, 6.07) is 0. The molecular formula is C16H24N2O4S. The Balaban J connectivity index is 2.87. The van der Waals surface area contributed by atoms with Gasteiger partial charge in [0.1, 0.15) is 11.6 Å². The van der Waals surface area contributed by atoms with Crippen LogP contribution >= 0.6 is 11.3 Å². The minimum absolute atomic E-state index is 0.0827. The molecule has 128 valence electrons. The summed E-state index contributed by atoms with van der Waals surface area (Å²) in [6.07, 6.45) is 0. The molecule has 6 nitrogen and oxygen atoms in total. The molecule has 2 amide bonds. The monoisotopic (exact) mass is 340 g/mol. The number of nitrogens with one attached hydrogen (secondary N) is 2. The Morgan fingerprint density at radius 2 is 1.78 bits per heavy atom. The van der Waals surface area contributed by atoms with Gasteiger partial charge in [0.05, 0.1) is 12.1 Å². The van der Waals surface area contributed by atoms with Crippen molar-refractivity contribution in [1.29, 1.82) is 0 Å². The van der Waals surface area contributed by atoms with Crippen LogP contribution in [0.1, 0.15) is 48.5 Å². The number of rotatable bonds is 5. The van der Waals surface area contributed by atoms with Crippen LogP contribution in [0, 0.1) is 19.3 Å². The first-order valence-electron chi connectivity index (χ1n) is 7.37. The van der Waals surface area contributed by atoms with Gasteiger partial charge in [0.2, 0.25) is 11.8 Å². The van der Waals surface area contributed by atoms with Gasteiger partial charge in [-0.05, 0) is 19.4 Å². The number of aryl methyl sites for hydroxylation is 1. The van der Waals surface area contributed by atoms with Crippen molar-refractivity contribution in [1.82, 2.24) is 5.32 Å². The van der Waals surface area contributed by atoms with Crippen molar-refractivity contribution in [3.63, 3.8) is 0 Å². The summed E-state index contributed by atoms with van der Waals surface area (Å²) in [5.41, 5.74) is 0.620. The van der Waals surface area contributed by atoms with Crippen LogP contribution in [0.3, 0.4) is 0 Å². The zero-order chi connectivity index (χ0) is 17.8. The van der Waals surface area contributed by atoms with Crippen molar-refractivity contribution in [2.24, 2.45) is 5.41 Å². The molecule has 0 aliphatic carbocycles. The Morgan fingerprint density at radius 3 is 2.30 bits per heavy atom. The summed E-state index contributed by atoms with van der Waals surface area (Å²) in [5.74, 6) is -0.839. The molecule has 7 heteroatoms. The summed E-state index contributed by atoms with van der Waals surface area (Å²) in [4.78, 5) is 36.2. The standard InChI is InChI=1S/C16H24N2O4S/c1-9-10(2)23-13(18-15(21)16(4,5)6)12(9)14(20)22-8-7-17-11(3)19/h7-8H2,1-6H3,(H,17,19)(H,18,21). The quantitative estimate of drug-likeness (QED) is 0.637. The Labute approximate surface area is 140 Å². The highest BCUT2D eigenvalue weighted by atomic mass is 32.1. The lowest BCUT2D eigenvalue weighted by Gasteiger charge is -2.17. The van der Waals surface area contributed by atoms with Crippen molar-refractivity contribution in [3.8, 4) is 0 Å². The summed E-state index contributed by atoms with van der Waals surface area (Å²) in [6.45, 7) is 10.9. The fraction of sp³-hybridized carbons (Fsp3) is 0.562. The molecule has 1 heterocycles. The highest BCUT2D eigenvalue weighted by Gasteiger charge is 2.26. The van der Waals surface area contributed by atoms with E-state index in [-0.39, 0.29) is 25.0 Å². The fourth-order valence-corrected chi connectivity index (χ4v) is 2.74. The first-order chi connectivity index (χ1) is 10.5. The molecule has 1 aromatic rings. The molecule has 0 saturated carbocycles. The molecule has 2 N–H and O–H groups in total. The summed E-state index contributed by atoms with van der Waals surface area (Å²) in [7, 11) is 0. The van der Waals surface area contributed by atoms with Gasteiger partial charge in [-0.1, -0.05) is 20.8 Å². The number of hydrogen-bond donors (Lipinski definition) is 2. The molecule has 0 aliphatic rings. The van der Waals surface area contributed by atoms with Gasteiger partial charge in [0.25, 0.3) is 0 Å². The molecule has 0 saturated heterocycles. The van der Waals surface area contributed by atoms with Crippen LogP contribution in [-0.4, -0.2) is 30.9 Å². The third-order valence-electron chi connectivity index (χ3n) is 3.21. The van der Waals surface area contributed by atoms with E-state index in [2.05, 4.69) is 10.6 Å². The molecule has 0 aliphatic heterocycles. The number of anilines is 1. The molecule has 1 rings (SSSR count). The van der Waals surface area contributed by atoms with Crippen molar-refractivity contribution in [2.75, 3.05) is 18.5 Å². The summed E-state index contributed by atoms with van der Waals surface area (Å²) < 4.78 is 5.18. The van der Waals surface area contributed by atoms with Gasteiger partial charge >= 0.3 is 5.97 Å². The topological polar surface area (TPSA) is 84.5 Å². The molecule has 0 bridgehead atoms. The maximum absolute atomic E-state index is 12.3. The second-order valence-corrected chi connectivity index (χ2v) is 7.54. The largest absolute Gasteiger partial charge is 0.460 e. The van der Waals surface area contributed by atoms with Gasteiger partial charge in [-0.2, -0.15) is 0 Å². The lowest BCUT2D eigenvalue weighted by atomic mass is 9.96. The van der Waals surface area contributed by atoms with Gasteiger partial charge in [0, 0.05) is 17.2 Å². The van der Waals surface area contributed by atoms with E-state index >= 15 is 0 Å². The van der Waals surface area contributed by atoms with Crippen LogP contribution in [-0.2, 0) is 14.3 Å². The van der Waals surface area contributed by atoms with Crippen molar-refractivity contribution < 1.29 is 19.1 Å². The Hall–Kier alpha value is -1.89. The van der Waals surface area contributed by atoms with E-state index in [1.807, 2.05) is 13.8 Å². The van der Waals surface area contributed by atoms with Crippen LogP contribution in [0.4, 0.5) is 5.00 Å². The zero-order valence-electron chi connectivity index (χ0n) is 14.5. The maximum atomic E-state index is 12.3. The predicted molar refractivity (Wildman–Crippen MR) is 90.8 cm³/mol. The van der Waals surface area contributed by atoms with Gasteiger partial charge in [-0.15, -0.1) is 11.3 Å². The van der Waals surface area contributed by atoms with E-state index in [1.54, 1.807) is 20.8 Å². The smallest absolute Gasteiger partial charge is 0.341 e. The minimum atomic E-state index is -0.557. The van der Waals surface area contributed by atoms with Gasteiger partial charge in [-0.3, -0.25) is 9.59 Å². The number of amides is 2. The average molecular weight is 340 g/mol. The molecule has 0 fully saturated rings. The Bertz CT molecular complexity index is 614. The second-order valence-electron chi connectivity index (χ2n) is 6.31. The average Bonchev–Trinajstić information content (AvgIpc) is 2.68. The van der Waals surface area contributed by atoms with Gasteiger partial charge in [-0.25, -0.2) is 4.79 Å². The Morgan fingerprint density at radius 1 is 1.17 bits per heavy atom. The van der Waals surface area contributed by atoms with E-state index < -0.39 is 11.4 Å². The van der Waals surface area contributed by atoms with Gasteiger partial charge < -0.3 is 15.4 Å². The molecule has 1 aromatic heterocycles. The van der Waals surface area contributed by atoms with E-state index in [0.29, 0.717) is 10.6 Å². The number of hydrogen-bond acceptors (Lipinski definition) is 5. The number of carbonyl (C=O) groups is 3. The second kappa shape index (κ2) is 7.59. The van der Waals surface area contributed by atoms with E-state index in [1.165, 1.54) is 18.3 Å². The first-order valence-corrected chi connectivity index (χ1v) is 8.18. The molecule has 0 spiro atoms. The SMILES string of the molecule is CC(=O)NCCOC(=O)c1c(NC(=O)C(C)(C)C)sc(C)c1C. The summed E-state index contributed by atoms with van der Waals surface area (Å²) >= 11 is 1.36. The lowest BCUT2D eigenvalue weighted by molar-refractivity contribution is -0.123. The maximum Gasteiger partial charge on any atom is 0.341 e. The fourth-order valence-electron chi connectivity index (χ4n) is 1.69. The van der Waals surface area contributed by atoms with Crippen LogP contribution in [0.5, 0.6) is 0 Å². The van der Waals surface area contributed by atoms with E-state index in [0.717, 1.165) is 10.4 Å². The normalized spacial score (nSPS) is 11.0. The van der Waals surface area contributed by atoms with Crippen LogP contribution < -0.4 is 10.6 Å². The third-order valence-corrected chi connectivity index (χ3v) is 4.33. The Kier molecular flexibility index (Phi) is 6.32. The summed E-state index contributed by atoms with van der Waals surface area (Å²) in [5, 5.41) is 5.87. The molecule has 0 unspecified atom stereocenters. The number of carbonyl (C=O) groups excluding carboxylic acids is 3.